The molecule has 1 aromatic heterocycles. The van der Waals surface area contributed by atoms with Crippen molar-refractivity contribution in [3.8, 4) is 18.1 Å². The van der Waals surface area contributed by atoms with Gasteiger partial charge in [0.1, 0.15) is 5.75 Å². The number of imidazole rings is 1. The molecule has 0 fully saturated rings. The predicted molar refractivity (Wildman–Crippen MR) is 66.8 cm³/mol. The summed E-state index contributed by atoms with van der Waals surface area (Å²) in [5, 5.41) is 0.901. The minimum atomic E-state index is 0.755. The lowest BCUT2D eigenvalue weighted by molar-refractivity contribution is 0.415. The van der Waals surface area contributed by atoms with E-state index in [4.69, 9.17) is 11.2 Å². The van der Waals surface area contributed by atoms with Crippen molar-refractivity contribution in [2.75, 3.05) is 12.9 Å². The Kier molecular flexibility index (Phi) is 3.37. The molecule has 0 saturated heterocycles. The topological polar surface area (TPSA) is 37.9 Å². The van der Waals surface area contributed by atoms with Gasteiger partial charge < -0.3 is 9.72 Å². The number of rotatable bonds is 4. The molecular weight excluding hydrogens is 220 g/mol. The molecule has 16 heavy (non-hydrogen) atoms. The lowest BCUT2D eigenvalue weighted by atomic mass is 10.3. The number of benzene rings is 1. The Balaban J connectivity index is 2.20. The van der Waals surface area contributed by atoms with Crippen LogP contribution in [0.15, 0.2) is 23.4 Å². The van der Waals surface area contributed by atoms with Gasteiger partial charge in [-0.2, -0.15) is 0 Å². The second kappa shape index (κ2) is 4.95. The summed E-state index contributed by atoms with van der Waals surface area (Å²) in [6.07, 6.45) is 5.95. The van der Waals surface area contributed by atoms with Crippen LogP contribution in [-0.4, -0.2) is 22.8 Å². The number of nitrogens with one attached hydrogen (secondary N) is 1. The molecule has 3 nitrogen and oxygen atoms in total. The first kappa shape index (κ1) is 10.9. The van der Waals surface area contributed by atoms with E-state index < -0.39 is 0 Å². The zero-order chi connectivity index (χ0) is 11.4. The molecule has 0 atom stereocenters. The Labute approximate surface area is 98.6 Å². The van der Waals surface area contributed by atoms with Gasteiger partial charge in [-0.3, -0.25) is 0 Å². The summed E-state index contributed by atoms with van der Waals surface area (Å²) in [5.41, 5.74) is 1.94. The number of H-pyrrole nitrogens is 1. The summed E-state index contributed by atoms with van der Waals surface area (Å²) in [6, 6.07) is 5.78. The average Bonchev–Trinajstić information content (AvgIpc) is 2.70. The molecule has 1 aromatic carbocycles. The first-order valence-electron chi connectivity index (χ1n) is 4.93. The summed E-state index contributed by atoms with van der Waals surface area (Å²) >= 11 is 1.63. The van der Waals surface area contributed by atoms with E-state index in [9.17, 15) is 0 Å². The molecule has 1 heterocycles. The van der Waals surface area contributed by atoms with Crippen LogP contribution in [0.25, 0.3) is 11.0 Å². The van der Waals surface area contributed by atoms with Crippen LogP contribution in [0.2, 0.25) is 0 Å². The van der Waals surface area contributed by atoms with Crippen molar-refractivity contribution in [3.63, 3.8) is 0 Å². The van der Waals surface area contributed by atoms with Gasteiger partial charge in [-0.15, -0.1) is 12.3 Å². The molecular formula is C12H12N2OS. The highest BCUT2D eigenvalue weighted by atomic mass is 32.2. The summed E-state index contributed by atoms with van der Waals surface area (Å²) in [7, 11) is 1.65. The fourth-order valence-corrected chi connectivity index (χ4v) is 2.13. The van der Waals surface area contributed by atoms with Crippen molar-refractivity contribution in [2.24, 2.45) is 0 Å². The number of fused-ring (bicyclic) bond motifs is 1. The maximum Gasteiger partial charge on any atom is 0.166 e. The van der Waals surface area contributed by atoms with Gasteiger partial charge in [0.05, 0.1) is 18.1 Å². The maximum absolute atomic E-state index is 5.20. The van der Waals surface area contributed by atoms with Gasteiger partial charge >= 0.3 is 0 Å². The van der Waals surface area contributed by atoms with E-state index in [1.165, 1.54) is 0 Å². The van der Waals surface area contributed by atoms with Crippen LogP contribution in [0.4, 0.5) is 0 Å². The van der Waals surface area contributed by atoms with Crippen molar-refractivity contribution in [1.29, 1.82) is 0 Å². The molecule has 1 N–H and O–H groups in total. The van der Waals surface area contributed by atoms with Crippen LogP contribution in [0.5, 0.6) is 5.75 Å². The van der Waals surface area contributed by atoms with Crippen molar-refractivity contribution in [1.82, 2.24) is 9.97 Å². The lowest BCUT2D eigenvalue weighted by Gasteiger charge is -1.96. The Hall–Kier alpha value is -1.60. The third-order valence-corrected chi connectivity index (χ3v) is 3.03. The van der Waals surface area contributed by atoms with Gasteiger partial charge in [0, 0.05) is 18.2 Å². The molecule has 0 radical (unpaired) electrons. The smallest absolute Gasteiger partial charge is 0.166 e. The summed E-state index contributed by atoms with van der Waals surface area (Å²) in [5.74, 6) is 4.32. The third kappa shape index (κ3) is 2.31. The van der Waals surface area contributed by atoms with Crippen LogP contribution in [-0.2, 0) is 0 Å². The molecule has 0 saturated carbocycles. The minimum Gasteiger partial charge on any atom is -0.497 e. The first-order valence-corrected chi connectivity index (χ1v) is 5.92. The number of hydrogen-bond donors (Lipinski definition) is 1. The molecule has 0 amide bonds. The molecule has 0 unspecified atom stereocenters. The fourth-order valence-electron chi connectivity index (χ4n) is 1.37. The maximum atomic E-state index is 5.20. The minimum absolute atomic E-state index is 0.755. The monoisotopic (exact) mass is 232 g/mol. The van der Waals surface area contributed by atoms with Gasteiger partial charge in [-0.05, 0) is 12.1 Å². The van der Waals surface area contributed by atoms with Crippen LogP contribution in [0.3, 0.4) is 0 Å². The molecule has 0 spiro atoms. The molecule has 4 heteroatoms. The highest BCUT2D eigenvalue weighted by Crippen LogP contribution is 2.23. The summed E-state index contributed by atoms with van der Waals surface area (Å²) in [6.45, 7) is 0. The Morgan fingerprint density at radius 1 is 1.56 bits per heavy atom. The number of hydrogen-bond acceptors (Lipinski definition) is 3. The van der Waals surface area contributed by atoms with Gasteiger partial charge in [0.15, 0.2) is 5.16 Å². The first-order chi connectivity index (χ1) is 7.83. The zero-order valence-corrected chi connectivity index (χ0v) is 9.80. The second-order valence-corrected chi connectivity index (χ2v) is 4.31. The van der Waals surface area contributed by atoms with Crippen LogP contribution in [0.1, 0.15) is 6.42 Å². The van der Waals surface area contributed by atoms with Gasteiger partial charge in [0.2, 0.25) is 0 Å². The van der Waals surface area contributed by atoms with E-state index in [0.29, 0.717) is 0 Å². The average molecular weight is 232 g/mol. The highest BCUT2D eigenvalue weighted by Gasteiger charge is 2.03. The van der Waals surface area contributed by atoms with Crippen molar-refractivity contribution >= 4 is 22.8 Å². The number of aromatic amines is 1. The van der Waals surface area contributed by atoms with E-state index in [1.807, 2.05) is 18.2 Å². The summed E-state index contributed by atoms with van der Waals surface area (Å²) < 4.78 is 5.15. The van der Waals surface area contributed by atoms with Gasteiger partial charge in [-0.25, -0.2) is 4.98 Å². The summed E-state index contributed by atoms with van der Waals surface area (Å²) in [4.78, 5) is 7.68. The van der Waals surface area contributed by atoms with E-state index in [-0.39, 0.29) is 0 Å². The van der Waals surface area contributed by atoms with Crippen LogP contribution in [0, 0.1) is 12.3 Å². The zero-order valence-electron chi connectivity index (χ0n) is 8.99. The Morgan fingerprint density at radius 3 is 3.19 bits per heavy atom. The number of nitrogens with zero attached hydrogens (tertiary/aromatic N) is 1. The van der Waals surface area contributed by atoms with Crippen molar-refractivity contribution in [3.05, 3.63) is 18.2 Å². The molecule has 2 rings (SSSR count). The van der Waals surface area contributed by atoms with Crippen molar-refractivity contribution in [2.45, 2.75) is 11.6 Å². The Morgan fingerprint density at radius 2 is 2.44 bits per heavy atom. The molecule has 0 aliphatic rings. The number of ether oxygens (including phenoxy) is 1. The molecule has 2 aromatic rings. The van der Waals surface area contributed by atoms with Crippen LogP contribution < -0.4 is 4.74 Å². The standard InChI is InChI=1S/C12H12N2OS/c1-3-4-7-16-12-13-10-6-5-9(15-2)8-11(10)14-12/h1,5-6,8H,4,7H2,2H3,(H,13,14). The quantitative estimate of drug-likeness (QED) is 0.500. The number of aromatic nitrogens is 2. The molecule has 0 aliphatic heterocycles. The SMILES string of the molecule is C#CCCSc1nc2ccc(OC)cc2[nH]1. The van der Waals surface area contributed by atoms with Crippen molar-refractivity contribution < 1.29 is 4.74 Å². The molecule has 0 aliphatic carbocycles. The van der Waals surface area contributed by atoms with E-state index in [2.05, 4.69) is 15.9 Å². The second-order valence-electron chi connectivity index (χ2n) is 3.23. The Bertz CT molecular complexity index is 527. The molecule has 82 valence electrons. The number of terminal acetylenes is 1. The third-order valence-electron chi connectivity index (χ3n) is 2.15. The van der Waals surface area contributed by atoms with Gasteiger partial charge in [-0.1, -0.05) is 11.8 Å². The predicted octanol–water partition coefficient (Wildman–Crippen LogP) is 2.69. The van der Waals surface area contributed by atoms with E-state index in [1.54, 1.807) is 18.9 Å². The normalized spacial score (nSPS) is 10.2. The van der Waals surface area contributed by atoms with E-state index in [0.717, 1.165) is 34.1 Å². The fraction of sp³-hybridized carbons (Fsp3) is 0.250. The number of thioether (sulfide) groups is 1. The lowest BCUT2D eigenvalue weighted by Crippen LogP contribution is -1.81. The highest BCUT2D eigenvalue weighted by molar-refractivity contribution is 7.99. The van der Waals surface area contributed by atoms with Crippen LogP contribution >= 0.6 is 11.8 Å². The van der Waals surface area contributed by atoms with E-state index >= 15 is 0 Å². The van der Waals surface area contributed by atoms with Gasteiger partial charge in [0.25, 0.3) is 0 Å². The molecule has 0 bridgehead atoms. The number of methoxy groups -OCH3 is 1. The largest absolute Gasteiger partial charge is 0.497 e.